The Morgan fingerprint density at radius 3 is 2.88 bits per heavy atom. The van der Waals surface area contributed by atoms with Crippen LogP contribution >= 0.6 is 0 Å². The zero-order valence-electron chi connectivity index (χ0n) is 13.8. The van der Waals surface area contributed by atoms with Crippen LogP contribution in [0.4, 0.5) is 10.5 Å². The van der Waals surface area contributed by atoms with Gasteiger partial charge in [0.25, 0.3) is 5.91 Å². The Balaban J connectivity index is 1.45. The zero-order valence-corrected chi connectivity index (χ0v) is 13.8. The summed E-state index contributed by atoms with van der Waals surface area (Å²) in [5.74, 6) is -0.759. The molecule has 2 aliphatic heterocycles. The summed E-state index contributed by atoms with van der Waals surface area (Å²) in [4.78, 5) is 38.2. The Hall–Kier alpha value is -2.77. The van der Waals surface area contributed by atoms with E-state index in [1.165, 1.54) is 4.90 Å². The van der Waals surface area contributed by atoms with Crippen molar-refractivity contribution in [2.24, 2.45) is 5.92 Å². The summed E-state index contributed by atoms with van der Waals surface area (Å²) in [5, 5.41) is 11.8. The molecular weight excluding hydrogens is 326 g/mol. The van der Waals surface area contributed by atoms with Crippen LogP contribution in [0.25, 0.3) is 0 Å². The predicted molar refractivity (Wildman–Crippen MR) is 89.6 cm³/mol. The van der Waals surface area contributed by atoms with Gasteiger partial charge in [-0.15, -0.1) is 0 Å². The first-order valence-corrected chi connectivity index (χ1v) is 8.34. The lowest BCUT2D eigenvalue weighted by molar-refractivity contribution is -0.141. The Morgan fingerprint density at radius 1 is 1.32 bits per heavy atom. The monoisotopic (exact) mass is 347 g/mol. The van der Waals surface area contributed by atoms with Crippen LogP contribution < -0.4 is 15.0 Å². The molecule has 1 aromatic rings. The molecule has 8 heteroatoms. The van der Waals surface area contributed by atoms with Crippen molar-refractivity contribution in [3.05, 3.63) is 24.3 Å². The zero-order chi connectivity index (χ0) is 17.8. The molecule has 0 aromatic heterocycles. The van der Waals surface area contributed by atoms with Crippen molar-refractivity contribution in [2.75, 3.05) is 37.7 Å². The van der Waals surface area contributed by atoms with E-state index in [1.807, 2.05) is 24.3 Å². The molecule has 8 nitrogen and oxygen atoms in total. The van der Waals surface area contributed by atoms with E-state index in [1.54, 1.807) is 4.90 Å². The molecule has 0 radical (unpaired) electrons. The number of carboxylic acid groups (broad SMARTS) is 1. The number of benzene rings is 1. The number of hydrogen-bond donors (Lipinski definition) is 2. The largest absolute Gasteiger partial charge is 0.482 e. The highest BCUT2D eigenvalue weighted by Crippen LogP contribution is 2.31. The van der Waals surface area contributed by atoms with Gasteiger partial charge in [0.2, 0.25) is 0 Å². The number of fused-ring (bicyclic) bond motifs is 1. The third-order valence-corrected chi connectivity index (χ3v) is 4.47. The summed E-state index contributed by atoms with van der Waals surface area (Å²) in [6.07, 6.45) is 1.09. The highest BCUT2D eigenvalue weighted by molar-refractivity contribution is 5.97. The number of nitrogens with zero attached hydrogens (tertiary/aromatic N) is 2. The summed E-state index contributed by atoms with van der Waals surface area (Å²) in [5.41, 5.74) is 0.744. The summed E-state index contributed by atoms with van der Waals surface area (Å²) in [7, 11) is 0. The molecule has 2 aliphatic rings. The van der Waals surface area contributed by atoms with E-state index >= 15 is 0 Å². The summed E-state index contributed by atoms with van der Waals surface area (Å²) < 4.78 is 5.39. The number of carboxylic acids is 1. The van der Waals surface area contributed by atoms with Crippen LogP contribution in [0, 0.1) is 5.92 Å². The van der Waals surface area contributed by atoms with Crippen molar-refractivity contribution in [3.8, 4) is 5.75 Å². The minimum Gasteiger partial charge on any atom is -0.482 e. The van der Waals surface area contributed by atoms with Gasteiger partial charge in [-0.2, -0.15) is 0 Å². The molecule has 0 bridgehead atoms. The van der Waals surface area contributed by atoms with Gasteiger partial charge in [-0.3, -0.25) is 9.59 Å². The van der Waals surface area contributed by atoms with Crippen LogP contribution in [0.3, 0.4) is 0 Å². The molecule has 3 amide bonds. The maximum Gasteiger partial charge on any atom is 0.317 e. The first-order chi connectivity index (χ1) is 12.1. The minimum absolute atomic E-state index is 0.0216. The van der Waals surface area contributed by atoms with E-state index in [4.69, 9.17) is 9.84 Å². The molecule has 134 valence electrons. The van der Waals surface area contributed by atoms with Crippen molar-refractivity contribution >= 4 is 23.6 Å². The molecule has 1 fully saturated rings. The van der Waals surface area contributed by atoms with Gasteiger partial charge < -0.3 is 25.0 Å². The van der Waals surface area contributed by atoms with Crippen LogP contribution in [-0.2, 0) is 9.59 Å². The number of amides is 3. The molecule has 1 aromatic carbocycles. The van der Waals surface area contributed by atoms with Crippen molar-refractivity contribution in [2.45, 2.75) is 12.8 Å². The number of carbonyl (C=O) groups excluding carboxylic acids is 2. The molecule has 25 heavy (non-hydrogen) atoms. The highest BCUT2D eigenvalue weighted by Gasteiger charge is 2.30. The normalized spacial score (nSPS) is 19.4. The van der Waals surface area contributed by atoms with Gasteiger partial charge in [0.1, 0.15) is 5.75 Å². The number of nitrogens with one attached hydrogen (secondary N) is 1. The summed E-state index contributed by atoms with van der Waals surface area (Å²) >= 11 is 0. The minimum atomic E-state index is -0.861. The number of carbonyl (C=O) groups is 3. The third kappa shape index (κ3) is 3.84. The van der Waals surface area contributed by atoms with Crippen molar-refractivity contribution in [1.29, 1.82) is 0 Å². The second kappa shape index (κ2) is 7.42. The van der Waals surface area contributed by atoms with E-state index in [0.717, 1.165) is 5.69 Å². The van der Waals surface area contributed by atoms with Crippen LogP contribution in [0.2, 0.25) is 0 Å². The first-order valence-electron chi connectivity index (χ1n) is 8.34. The molecule has 0 spiro atoms. The van der Waals surface area contributed by atoms with Gasteiger partial charge in [-0.05, 0) is 25.0 Å². The number of aliphatic carboxylic acids is 1. The van der Waals surface area contributed by atoms with Crippen molar-refractivity contribution in [3.63, 3.8) is 0 Å². The number of urea groups is 1. The molecule has 3 rings (SSSR count). The van der Waals surface area contributed by atoms with Crippen LogP contribution in [0.5, 0.6) is 5.75 Å². The standard InChI is InChI=1S/C17H21N3O5/c21-15-11-25-14-5-2-1-4-13(14)20(15)8-3-7-18-17(24)19-9-6-12(10-19)16(22)23/h1-2,4-5,12H,3,6-11H2,(H,18,24)(H,22,23). The SMILES string of the molecule is O=C(O)C1CCN(C(=O)NCCCN2C(=O)COc3ccccc32)C1. The Bertz CT molecular complexity index is 678. The van der Waals surface area contributed by atoms with E-state index in [2.05, 4.69) is 5.32 Å². The Kier molecular flexibility index (Phi) is 5.06. The molecule has 1 atom stereocenters. The first kappa shape index (κ1) is 17.1. The third-order valence-electron chi connectivity index (χ3n) is 4.47. The number of hydrogen-bond acceptors (Lipinski definition) is 4. The average Bonchev–Trinajstić information content (AvgIpc) is 3.10. The number of likely N-dealkylation sites (tertiary alicyclic amines) is 1. The lowest BCUT2D eigenvalue weighted by Gasteiger charge is -2.29. The molecule has 2 heterocycles. The highest BCUT2D eigenvalue weighted by atomic mass is 16.5. The summed E-state index contributed by atoms with van der Waals surface area (Å²) in [6.45, 7) is 1.62. The second-order valence-electron chi connectivity index (χ2n) is 6.16. The van der Waals surface area contributed by atoms with Gasteiger partial charge in [0, 0.05) is 26.2 Å². The molecule has 1 unspecified atom stereocenters. The molecule has 0 saturated carbocycles. The maximum atomic E-state index is 12.0. The van der Waals surface area contributed by atoms with Crippen LogP contribution in [-0.4, -0.2) is 60.7 Å². The smallest absolute Gasteiger partial charge is 0.317 e. The van der Waals surface area contributed by atoms with Crippen LogP contribution in [0.1, 0.15) is 12.8 Å². The fourth-order valence-corrected chi connectivity index (χ4v) is 3.09. The lowest BCUT2D eigenvalue weighted by atomic mass is 10.1. The van der Waals surface area contributed by atoms with E-state index in [0.29, 0.717) is 38.2 Å². The van der Waals surface area contributed by atoms with Gasteiger partial charge in [-0.25, -0.2) is 4.79 Å². The Morgan fingerprint density at radius 2 is 2.12 bits per heavy atom. The fourth-order valence-electron chi connectivity index (χ4n) is 3.09. The van der Waals surface area contributed by atoms with Crippen molar-refractivity contribution in [1.82, 2.24) is 10.2 Å². The molecular formula is C17H21N3O5. The van der Waals surface area contributed by atoms with E-state index in [-0.39, 0.29) is 25.1 Å². The fraction of sp³-hybridized carbons (Fsp3) is 0.471. The van der Waals surface area contributed by atoms with E-state index < -0.39 is 11.9 Å². The van der Waals surface area contributed by atoms with Crippen molar-refractivity contribution < 1.29 is 24.2 Å². The average molecular weight is 347 g/mol. The second-order valence-corrected chi connectivity index (χ2v) is 6.16. The quantitative estimate of drug-likeness (QED) is 0.772. The number of ether oxygens (including phenoxy) is 1. The lowest BCUT2D eigenvalue weighted by Crippen LogP contribution is -2.42. The summed E-state index contributed by atoms with van der Waals surface area (Å²) in [6, 6.07) is 7.11. The number of para-hydroxylation sites is 2. The number of anilines is 1. The number of rotatable bonds is 5. The molecule has 2 N–H and O–H groups in total. The predicted octanol–water partition coefficient (Wildman–Crippen LogP) is 0.918. The van der Waals surface area contributed by atoms with Crippen LogP contribution in [0.15, 0.2) is 24.3 Å². The molecule has 0 aliphatic carbocycles. The van der Waals surface area contributed by atoms with Gasteiger partial charge in [0.05, 0.1) is 11.6 Å². The molecule has 1 saturated heterocycles. The van der Waals surface area contributed by atoms with E-state index in [9.17, 15) is 14.4 Å². The van der Waals surface area contributed by atoms with Gasteiger partial charge >= 0.3 is 12.0 Å². The Labute approximate surface area is 145 Å². The van der Waals surface area contributed by atoms with Gasteiger partial charge in [-0.1, -0.05) is 12.1 Å². The van der Waals surface area contributed by atoms with Gasteiger partial charge in [0.15, 0.2) is 6.61 Å². The topological polar surface area (TPSA) is 99.2 Å². The maximum absolute atomic E-state index is 12.0.